The fourth-order valence-corrected chi connectivity index (χ4v) is 3.90. The molecule has 0 saturated carbocycles. The van der Waals surface area contributed by atoms with Crippen molar-refractivity contribution in [2.24, 2.45) is 0 Å². The molecule has 1 atom stereocenters. The van der Waals surface area contributed by atoms with Gasteiger partial charge in [-0.15, -0.1) is 0 Å². The molecule has 178 valence electrons. The summed E-state index contributed by atoms with van der Waals surface area (Å²) in [4.78, 5) is 13.0. The van der Waals surface area contributed by atoms with E-state index in [9.17, 15) is 4.79 Å². The average molecular weight is 464 g/mol. The van der Waals surface area contributed by atoms with Crippen LogP contribution in [0, 0.1) is 6.92 Å². The number of ether oxygens (including phenoxy) is 3. The molecular weight excluding hydrogens is 434 g/mol. The van der Waals surface area contributed by atoms with Crippen LogP contribution in [0.25, 0.3) is 0 Å². The van der Waals surface area contributed by atoms with E-state index >= 15 is 0 Å². The Balaban J connectivity index is 1.68. The third-order valence-electron chi connectivity index (χ3n) is 5.43. The Hall–Kier alpha value is -3.88. The molecular formula is C25H29N5O4. The number of fused-ring (bicyclic) bond motifs is 1. The van der Waals surface area contributed by atoms with Gasteiger partial charge in [-0.1, -0.05) is 47.9 Å². The van der Waals surface area contributed by atoms with E-state index in [4.69, 9.17) is 14.2 Å². The lowest BCUT2D eigenvalue weighted by Gasteiger charge is -2.28. The van der Waals surface area contributed by atoms with Crippen molar-refractivity contribution in [1.82, 2.24) is 20.2 Å². The van der Waals surface area contributed by atoms with Gasteiger partial charge in [0, 0.05) is 5.70 Å². The molecule has 1 unspecified atom stereocenters. The van der Waals surface area contributed by atoms with Crippen LogP contribution in [0.2, 0.25) is 0 Å². The molecule has 1 aliphatic rings. The summed E-state index contributed by atoms with van der Waals surface area (Å²) in [6, 6.07) is 13.2. The van der Waals surface area contributed by atoms with Crippen LogP contribution in [-0.2, 0) is 16.1 Å². The maximum Gasteiger partial charge on any atom is 0.338 e. The van der Waals surface area contributed by atoms with Crippen LogP contribution >= 0.6 is 0 Å². The quantitative estimate of drug-likeness (QED) is 0.471. The Kier molecular flexibility index (Phi) is 7.10. The summed E-state index contributed by atoms with van der Waals surface area (Å²) in [5.74, 6) is 1.25. The Labute approximate surface area is 198 Å². The second-order valence-corrected chi connectivity index (χ2v) is 8.07. The van der Waals surface area contributed by atoms with Gasteiger partial charge in [-0.3, -0.25) is 0 Å². The maximum atomic E-state index is 13.0. The molecule has 3 aromatic rings. The van der Waals surface area contributed by atoms with Gasteiger partial charge < -0.3 is 19.5 Å². The highest BCUT2D eigenvalue weighted by Gasteiger charge is 2.35. The minimum Gasteiger partial charge on any atom is -0.490 e. The van der Waals surface area contributed by atoms with E-state index < -0.39 is 12.0 Å². The van der Waals surface area contributed by atoms with Crippen molar-refractivity contribution >= 4 is 11.9 Å². The highest BCUT2D eigenvalue weighted by Crippen LogP contribution is 2.39. The number of tetrazole rings is 1. The molecule has 9 nitrogen and oxygen atoms in total. The van der Waals surface area contributed by atoms with Gasteiger partial charge in [-0.2, -0.15) is 4.68 Å². The number of rotatable bonds is 9. The highest BCUT2D eigenvalue weighted by atomic mass is 16.5. The molecule has 0 amide bonds. The maximum absolute atomic E-state index is 13.0. The number of aromatic nitrogens is 4. The van der Waals surface area contributed by atoms with Gasteiger partial charge in [-0.05, 0) is 60.9 Å². The van der Waals surface area contributed by atoms with E-state index in [1.165, 1.54) is 5.56 Å². The lowest BCUT2D eigenvalue weighted by Crippen LogP contribution is -2.29. The molecule has 1 aliphatic heterocycles. The Morgan fingerprint density at radius 1 is 1.09 bits per heavy atom. The minimum absolute atomic E-state index is 0.334. The SMILES string of the molecule is CCCOC(=O)C1=C(C)Nc2nnnn2C1c1ccc(OCc2cccc(C)c2)c(OCC)c1. The van der Waals surface area contributed by atoms with Crippen LogP contribution in [0.5, 0.6) is 11.5 Å². The van der Waals surface area contributed by atoms with Gasteiger partial charge in [0.25, 0.3) is 0 Å². The summed E-state index contributed by atoms with van der Waals surface area (Å²) >= 11 is 0. The van der Waals surface area contributed by atoms with Gasteiger partial charge in [-0.25, -0.2) is 4.79 Å². The molecule has 0 radical (unpaired) electrons. The number of nitrogens with one attached hydrogen (secondary N) is 1. The first kappa shape index (κ1) is 23.3. The van der Waals surface area contributed by atoms with Crippen molar-refractivity contribution in [2.75, 3.05) is 18.5 Å². The zero-order valence-corrected chi connectivity index (χ0v) is 19.9. The smallest absolute Gasteiger partial charge is 0.338 e. The predicted octanol–water partition coefficient (Wildman–Crippen LogP) is 4.20. The number of anilines is 1. The van der Waals surface area contributed by atoms with Gasteiger partial charge in [0.05, 0.1) is 18.8 Å². The molecule has 0 spiro atoms. The number of carbonyl (C=O) groups excluding carboxylic acids is 1. The minimum atomic E-state index is -0.569. The van der Waals surface area contributed by atoms with Crippen molar-refractivity contribution in [3.8, 4) is 11.5 Å². The van der Waals surface area contributed by atoms with E-state index in [0.717, 1.165) is 17.5 Å². The molecule has 0 bridgehead atoms. The van der Waals surface area contributed by atoms with Gasteiger partial charge in [0.1, 0.15) is 12.6 Å². The number of esters is 1. The second kappa shape index (κ2) is 10.4. The number of carbonyl (C=O) groups is 1. The Bertz CT molecular complexity index is 1200. The summed E-state index contributed by atoms with van der Waals surface area (Å²) in [5, 5.41) is 15.0. The molecule has 0 saturated heterocycles. The third kappa shape index (κ3) is 4.88. The first-order chi connectivity index (χ1) is 16.5. The average Bonchev–Trinajstić information content (AvgIpc) is 3.29. The summed E-state index contributed by atoms with van der Waals surface area (Å²) in [5.41, 5.74) is 4.12. The van der Waals surface area contributed by atoms with Crippen molar-refractivity contribution in [3.63, 3.8) is 0 Å². The predicted molar refractivity (Wildman–Crippen MR) is 127 cm³/mol. The molecule has 2 aromatic carbocycles. The van der Waals surface area contributed by atoms with Gasteiger partial charge in [0.15, 0.2) is 11.5 Å². The molecule has 1 aromatic heterocycles. The van der Waals surface area contributed by atoms with Crippen molar-refractivity contribution < 1.29 is 19.0 Å². The largest absolute Gasteiger partial charge is 0.490 e. The zero-order valence-electron chi connectivity index (χ0n) is 19.9. The monoisotopic (exact) mass is 463 g/mol. The van der Waals surface area contributed by atoms with E-state index in [2.05, 4.69) is 39.9 Å². The van der Waals surface area contributed by atoms with E-state index in [1.807, 2.05) is 51.1 Å². The molecule has 9 heteroatoms. The van der Waals surface area contributed by atoms with Crippen LogP contribution < -0.4 is 14.8 Å². The summed E-state index contributed by atoms with van der Waals surface area (Å²) in [7, 11) is 0. The lowest BCUT2D eigenvalue weighted by atomic mass is 9.95. The van der Waals surface area contributed by atoms with E-state index in [1.54, 1.807) is 4.68 Å². The molecule has 2 heterocycles. The van der Waals surface area contributed by atoms with Crippen LogP contribution in [-0.4, -0.2) is 39.4 Å². The first-order valence-corrected chi connectivity index (χ1v) is 11.4. The fraction of sp³-hybridized carbons (Fsp3) is 0.360. The Morgan fingerprint density at radius 2 is 1.94 bits per heavy atom. The highest BCUT2D eigenvalue weighted by molar-refractivity contribution is 5.92. The Morgan fingerprint density at radius 3 is 2.71 bits per heavy atom. The fourth-order valence-electron chi connectivity index (χ4n) is 3.90. The van der Waals surface area contributed by atoms with Crippen molar-refractivity contribution in [1.29, 1.82) is 0 Å². The number of allylic oxidation sites excluding steroid dienone is 1. The molecule has 1 N–H and O–H groups in total. The van der Waals surface area contributed by atoms with E-state index in [0.29, 0.717) is 48.5 Å². The molecule has 0 fully saturated rings. The number of hydrogen-bond acceptors (Lipinski definition) is 8. The zero-order chi connectivity index (χ0) is 24.1. The number of benzene rings is 2. The van der Waals surface area contributed by atoms with Gasteiger partial charge >= 0.3 is 5.97 Å². The number of nitrogens with zero attached hydrogens (tertiary/aromatic N) is 4. The van der Waals surface area contributed by atoms with Crippen LogP contribution in [0.3, 0.4) is 0 Å². The van der Waals surface area contributed by atoms with Crippen molar-refractivity contribution in [2.45, 2.75) is 46.8 Å². The van der Waals surface area contributed by atoms with Crippen molar-refractivity contribution in [3.05, 3.63) is 70.4 Å². The molecule has 4 rings (SSSR count). The van der Waals surface area contributed by atoms with Gasteiger partial charge in [0.2, 0.25) is 5.95 Å². The second-order valence-electron chi connectivity index (χ2n) is 8.07. The third-order valence-corrected chi connectivity index (χ3v) is 5.43. The molecule has 34 heavy (non-hydrogen) atoms. The summed E-state index contributed by atoms with van der Waals surface area (Å²) < 4.78 is 19.0. The summed E-state index contributed by atoms with van der Waals surface area (Å²) in [6.07, 6.45) is 0.730. The van der Waals surface area contributed by atoms with Crippen LogP contribution in [0.15, 0.2) is 53.7 Å². The lowest BCUT2D eigenvalue weighted by molar-refractivity contribution is -0.139. The van der Waals surface area contributed by atoms with Crippen LogP contribution in [0.4, 0.5) is 5.95 Å². The number of hydrogen-bond donors (Lipinski definition) is 1. The summed E-state index contributed by atoms with van der Waals surface area (Å²) in [6.45, 7) is 8.95. The van der Waals surface area contributed by atoms with Crippen LogP contribution in [0.1, 0.15) is 49.9 Å². The first-order valence-electron chi connectivity index (χ1n) is 11.4. The molecule has 0 aliphatic carbocycles. The van der Waals surface area contributed by atoms with E-state index in [-0.39, 0.29) is 0 Å². The standard InChI is InChI=1S/C25H29N5O4/c1-5-12-33-24(31)22-17(4)26-25-27-28-29-30(25)23(22)19-10-11-20(21(14-19)32-6-2)34-15-18-9-7-8-16(3)13-18/h7-11,13-14,23H,5-6,12,15H2,1-4H3,(H,26,27,29). The number of aryl methyl sites for hydroxylation is 1. The topological polar surface area (TPSA) is 100 Å². The normalized spacial score (nSPS) is 14.9.